The molecule has 1 aromatic heterocycles. The Balaban J connectivity index is 3.08. The van der Waals surface area contributed by atoms with Crippen molar-refractivity contribution in [2.75, 3.05) is 0 Å². The van der Waals surface area contributed by atoms with E-state index in [9.17, 15) is 4.39 Å². The first-order valence-corrected chi connectivity index (χ1v) is 2.43. The molecule has 0 saturated carbocycles. The van der Waals surface area contributed by atoms with E-state index in [0.717, 1.165) is 6.20 Å². The maximum Gasteiger partial charge on any atom is 0.142 e. The molecule has 0 amide bonds. The number of hydrogen-bond donors (Lipinski definition) is 0. The first-order valence-electron chi connectivity index (χ1n) is 2.05. The lowest BCUT2D eigenvalue weighted by Crippen LogP contribution is -1.74. The molecule has 0 spiro atoms. The van der Waals surface area contributed by atoms with Gasteiger partial charge in [0, 0.05) is 6.20 Å². The van der Waals surface area contributed by atoms with Gasteiger partial charge in [0.2, 0.25) is 0 Å². The quantitative estimate of drug-likeness (QED) is 0.523. The van der Waals surface area contributed by atoms with Crippen LogP contribution in [0.25, 0.3) is 0 Å². The maximum atomic E-state index is 12.0. The van der Waals surface area contributed by atoms with Crippen LogP contribution in [0.4, 0.5) is 4.39 Å². The van der Waals surface area contributed by atoms with Crippen molar-refractivity contribution in [3.8, 4) is 0 Å². The standard InChI is InChI=1S/C5H3ClFN/c6-4-1-5(7)3-8-2-4/h1-3H/i7-1. The van der Waals surface area contributed by atoms with Crippen LogP contribution in [0.1, 0.15) is 0 Å². The van der Waals surface area contributed by atoms with E-state index in [-0.39, 0.29) is 0 Å². The average molecular weight is 131 g/mol. The Bertz CT molecular complexity index is 172. The predicted octanol–water partition coefficient (Wildman–Crippen LogP) is 1.87. The van der Waals surface area contributed by atoms with Gasteiger partial charge in [-0.15, -0.1) is 0 Å². The summed E-state index contributed by atoms with van der Waals surface area (Å²) >= 11 is 5.34. The van der Waals surface area contributed by atoms with E-state index < -0.39 is 5.82 Å². The van der Waals surface area contributed by atoms with Gasteiger partial charge < -0.3 is 0 Å². The monoisotopic (exact) mass is 130 g/mol. The number of halogens is 2. The first-order chi connectivity index (χ1) is 3.79. The minimum absolute atomic E-state index is 0.324. The van der Waals surface area contributed by atoms with Crippen LogP contribution >= 0.6 is 11.6 Å². The van der Waals surface area contributed by atoms with Gasteiger partial charge in [0.15, 0.2) is 0 Å². The Morgan fingerprint density at radius 1 is 1.50 bits per heavy atom. The third-order valence-corrected chi connectivity index (χ3v) is 0.878. The molecular weight excluding hydrogens is 128 g/mol. The molecule has 1 rings (SSSR count). The zero-order valence-corrected chi connectivity index (χ0v) is 4.69. The van der Waals surface area contributed by atoms with Gasteiger partial charge in [-0.2, -0.15) is 0 Å². The van der Waals surface area contributed by atoms with Crippen molar-refractivity contribution in [2.24, 2.45) is 0 Å². The van der Waals surface area contributed by atoms with Crippen LogP contribution in [-0.4, -0.2) is 4.98 Å². The molecule has 8 heavy (non-hydrogen) atoms. The van der Waals surface area contributed by atoms with Crippen molar-refractivity contribution in [3.05, 3.63) is 29.3 Å². The summed E-state index contributed by atoms with van der Waals surface area (Å²) in [7, 11) is 0. The summed E-state index contributed by atoms with van der Waals surface area (Å²) in [5.74, 6) is -0.405. The van der Waals surface area contributed by atoms with E-state index in [0.29, 0.717) is 5.02 Å². The third kappa shape index (κ3) is 1.17. The number of hydrogen-bond acceptors (Lipinski definition) is 1. The van der Waals surface area contributed by atoms with E-state index in [2.05, 4.69) is 4.98 Å². The summed E-state index contributed by atoms with van der Waals surface area (Å²) in [6, 6.07) is 1.20. The molecule has 0 radical (unpaired) electrons. The molecule has 1 nitrogen and oxygen atoms in total. The van der Waals surface area contributed by atoms with Gasteiger partial charge in [-0.1, -0.05) is 11.6 Å². The molecule has 0 aliphatic heterocycles. The third-order valence-electron chi connectivity index (χ3n) is 0.672. The number of pyridine rings is 1. The Morgan fingerprint density at radius 3 is 2.62 bits per heavy atom. The van der Waals surface area contributed by atoms with Crippen LogP contribution in [0.15, 0.2) is 18.5 Å². The number of aromatic nitrogens is 1. The highest BCUT2D eigenvalue weighted by Crippen LogP contribution is 2.05. The Hall–Kier alpha value is -0.630. The van der Waals surface area contributed by atoms with E-state index in [1.165, 1.54) is 12.3 Å². The summed E-state index contributed by atoms with van der Waals surface area (Å²) in [6.07, 6.45) is 2.48. The molecule has 3 heteroatoms. The Kier molecular flexibility index (Phi) is 1.44. The van der Waals surface area contributed by atoms with Crippen molar-refractivity contribution in [2.45, 2.75) is 0 Å². The predicted molar refractivity (Wildman–Crippen MR) is 29.2 cm³/mol. The summed E-state index contributed by atoms with van der Waals surface area (Å²) in [5.41, 5.74) is 0. The molecule has 0 aromatic carbocycles. The van der Waals surface area contributed by atoms with Gasteiger partial charge in [-0.05, 0) is 6.07 Å². The van der Waals surface area contributed by atoms with Gasteiger partial charge in [-0.3, -0.25) is 4.98 Å². The Labute approximate surface area is 51.1 Å². The van der Waals surface area contributed by atoms with Crippen LogP contribution in [0.5, 0.6) is 0 Å². The maximum absolute atomic E-state index is 12.0. The molecule has 0 N–H and O–H groups in total. The Morgan fingerprint density at radius 2 is 2.25 bits per heavy atom. The van der Waals surface area contributed by atoms with Gasteiger partial charge in [0.05, 0.1) is 11.2 Å². The van der Waals surface area contributed by atoms with Crippen LogP contribution in [0.3, 0.4) is 0 Å². The topological polar surface area (TPSA) is 12.9 Å². The normalized spacial score (nSPS) is 9.25. The highest BCUT2D eigenvalue weighted by molar-refractivity contribution is 6.30. The largest absolute Gasteiger partial charge is 0.260 e. The number of rotatable bonds is 0. The molecule has 0 unspecified atom stereocenters. The van der Waals surface area contributed by atoms with E-state index >= 15 is 0 Å². The van der Waals surface area contributed by atoms with Crippen molar-refractivity contribution in [1.82, 2.24) is 4.98 Å². The second kappa shape index (κ2) is 2.09. The van der Waals surface area contributed by atoms with Crippen molar-refractivity contribution >= 4 is 11.6 Å². The lowest BCUT2D eigenvalue weighted by molar-refractivity contribution is 0.621. The fourth-order valence-corrected chi connectivity index (χ4v) is 0.547. The molecule has 0 aliphatic rings. The summed E-state index contributed by atoms with van der Waals surface area (Å²) in [6.45, 7) is 0. The molecular formula is C5H3ClFN. The summed E-state index contributed by atoms with van der Waals surface area (Å²) in [4.78, 5) is 3.48. The molecule has 0 saturated heterocycles. The van der Waals surface area contributed by atoms with Crippen LogP contribution in [-0.2, 0) is 0 Å². The minimum Gasteiger partial charge on any atom is -0.260 e. The second-order valence-electron chi connectivity index (χ2n) is 1.32. The highest BCUT2D eigenvalue weighted by Gasteiger charge is 1.87. The smallest absolute Gasteiger partial charge is 0.142 e. The molecule has 0 aliphatic carbocycles. The minimum atomic E-state index is -0.405. The van der Waals surface area contributed by atoms with E-state index in [1.54, 1.807) is 0 Å². The fourth-order valence-electron chi connectivity index (χ4n) is 0.386. The van der Waals surface area contributed by atoms with Crippen LogP contribution < -0.4 is 0 Å². The molecule has 42 valence electrons. The van der Waals surface area contributed by atoms with Gasteiger partial charge >= 0.3 is 0 Å². The van der Waals surface area contributed by atoms with Crippen molar-refractivity contribution in [1.29, 1.82) is 0 Å². The van der Waals surface area contributed by atoms with E-state index in [1.807, 2.05) is 0 Å². The van der Waals surface area contributed by atoms with Crippen molar-refractivity contribution < 1.29 is 4.39 Å². The van der Waals surface area contributed by atoms with Crippen LogP contribution in [0.2, 0.25) is 5.02 Å². The molecule has 1 aromatic rings. The molecule has 0 bridgehead atoms. The van der Waals surface area contributed by atoms with E-state index in [4.69, 9.17) is 11.6 Å². The highest BCUT2D eigenvalue weighted by atomic mass is 35.5. The average Bonchev–Trinajstić information content (AvgIpc) is 1.64. The summed E-state index contributed by atoms with van der Waals surface area (Å²) < 4.78 is 12.0. The lowest BCUT2D eigenvalue weighted by atomic mass is 10.5. The molecule has 0 atom stereocenters. The SMILES string of the molecule is [18F]c1cncc(Cl)c1. The summed E-state index contributed by atoms with van der Waals surface area (Å²) in [5, 5.41) is 0.324. The fraction of sp³-hybridized carbons (Fsp3) is 0. The lowest BCUT2D eigenvalue weighted by Gasteiger charge is -1.84. The molecule has 0 fully saturated rings. The van der Waals surface area contributed by atoms with Crippen molar-refractivity contribution in [3.63, 3.8) is 0 Å². The molecule has 1 heterocycles. The van der Waals surface area contributed by atoms with Gasteiger partial charge in [-0.25, -0.2) is 4.39 Å². The zero-order chi connectivity index (χ0) is 5.98. The van der Waals surface area contributed by atoms with Gasteiger partial charge in [0.1, 0.15) is 5.82 Å². The number of nitrogens with zero attached hydrogens (tertiary/aromatic N) is 1. The second-order valence-corrected chi connectivity index (χ2v) is 1.76. The van der Waals surface area contributed by atoms with Crippen LogP contribution in [0, 0.1) is 5.82 Å². The first kappa shape index (κ1) is 5.51. The zero-order valence-electron chi connectivity index (χ0n) is 3.94. The van der Waals surface area contributed by atoms with Gasteiger partial charge in [0.25, 0.3) is 0 Å².